The molecule has 0 aromatic heterocycles. The molecule has 0 saturated heterocycles. The summed E-state index contributed by atoms with van der Waals surface area (Å²) < 4.78 is 49.1. The van der Waals surface area contributed by atoms with Gasteiger partial charge in [-0.2, -0.15) is 18.4 Å². The fourth-order valence-electron chi connectivity index (χ4n) is 0.910. The number of nitrogens with zero attached hydrogens (tertiary/aromatic N) is 1. The zero-order valence-corrected chi connectivity index (χ0v) is 6.69. The van der Waals surface area contributed by atoms with Gasteiger partial charge in [0.1, 0.15) is 17.4 Å². The molecule has 0 bridgehead atoms. The van der Waals surface area contributed by atoms with Gasteiger partial charge in [-0.25, -0.2) is 4.39 Å². The SMILES string of the molecule is N#Cc1c(N)cc(C(F)(F)F)cc1F. The van der Waals surface area contributed by atoms with Crippen molar-refractivity contribution in [1.29, 1.82) is 5.26 Å². The molecule has 0 unspecified atom stereocenters. The van der Waals surface area contributed by atoms with E-state index in [-0.39, 0.29) is 6.07 Å². The van der Waals surface area contributed by atoms with Crippen LogP contribution in [0.15, 0.2) is 12.1 Å². The van der Waals surface area contributed by atoms with Gasteiger partial charge in [-0.1, -0.05) is 0 Å². The molecule has 1 aromatic rings. The highest BCUT2D eigenvalue weighted by molar-refractivity contribution is 5.56. The van der Waals surface area contributed by atoms with Gasteiger partial charge in [0.2, 0.25) is 0 Å². The smallest absolute Gasteiger partial charge is 0.398 e. The minimum atomic E-state index is -4.66. The quantitative estimate of drug-likeness (QED) is 0.520. The van der Waals surface area contributed by atoms with E-state index >= 15 is 0 Å². The molecule has 2 nitrogen and oxygen atoms in total. The minimum absolute atomic E-state index is 0.245. The maximum atomic E-state index is 12.8. The van der Waals surface area contributed by atoms with Gasteiger partial charge in [0, 0.05) is 0 Å². The third-order valence-electron chi connectivity index (χ3n) is 1.56. The molecule has 74 valence electrons. The Labute approximate surface area is 76.6 Å². The van der Waals surface area contributed by atoms with E-state index in [1.54, 1.807) is 0 Å². The number of anilines is 1. The number of nitriles is 1. The Morgan fingerprint density at radius 2 is 1.86 bits per heavy atom. The summed E-state index contributed by atoms with van der Waals surface area (Å²) in [6.45, 7) is 0. The third kappa shape index (κ3) is 1.76. The fraction of sp³-hybridized carbons (Fsp3) is 0.125. The van der Waals surface area contributed by atoms with Crippen molar-refractivity contribution in [3.05, 3.63) is 29.1 Å². The highest BCUT2D eigenvalue weighted by atomic mass is 19.4. The van der Waals surface area contributed by atoms with Gasteiger partial charge in [-0.15, -0.1) is 0 Å². The van der Waals surface area contributed by atoms with E-state index in [4.69, 9.17) is 11.0 Å². The molecular formula is C8H4F4N2. The molecule has 1 aromatic carbocycles. The summed E-state index contributed by atoms with van der Waals surface area (Å²) in [7, 11) is 0. The van der Waals surface area contributed by atoms with Crippen LogP contribution in [-0.2, 0) is 6.18 Å². The zero-order valence-electron chi connectivity index (χ0n) is 6.69. The summed E-state index contributed by atoms with van der Waals surface area (Å²) in [5.41, 5.74) is 2.78. The number of alkyl halides is 3. The van der Waals surface area contributed by atoms with Gasteiger partial charge in [-0.3, -0.25) is 0 Å². The highest BCUT2D eigenvalue weighted by Gasteiger charge is 2.32. The van der Waals surface area contributed by atoms with E-state index in [0.29, 0.717) is 6.07 Å². The van der Waals surface area contributed by atoms with Gasteiger partial charge in [0.05, 0.1) is 11.3 Å². The van der Waals surface area contributed by atoms with E-state index in [0.717, 1.165) is 0 Å². The number of halogens is 4. The summed E-state index contributed by atoms with van der Waals surface area (Å²) in [5, 5.41) is 8.34. The van der Waals surface area contributed by atoms with Gasteiger partial charge in [0.25, 0.3) is 0 Å². The first-order valence-corrected chi connectivity index (χ1v) is 3.42. The molecular weight excluding hydrogens is 200 g/mol. The first-order valence-electron chi connectivity index (χ1n) is 3.42. The molecule has 0 atom stereocenters. The summed E-state index contributed by atoms with van der Waals surface area (Å²) in [4.78, 5) is 0. The Morgan fingerprint density at radius 1 is 1.29 bits per heavy atom. The van der Waals surface area contributed by atoms with Crippen LogP contribution in [0.1, 0.15) is 11.1 Å². The van der Waals surface area contributed by atoms with Gasteiger partial charge >= 0.3 is 6.18 Å². The predicted molar refractivity (Wildman–Crippen MR) is 40.5 cm³/mol. The van der Waals surface area contributed by atoms with Crippen molar-refractivity contribution in [1.82, 2.24) is 0 Å². The van der Waals surface area contributed by atoms with E-state index < -0.39 is 28.8 Å². The maximum Gasteiger partial charge on any atom is 0.416 e. The average Bonchev–Trinajstić information content (AvgIpc) is 2.01. The Balaban J connectivity index is 3.37. The monoisotopic (exact) mass is 204 g/mol. The second-order valence-corrected chi connectivity index (χ2v) is 2.53. The van der Waals surface area contributed by atoms with Crippen LogP contribution >= 0.6 is 0 Å². The fourth-order valence-corrected chi connectivity index (χ4v) is 0.910. The lowest BCUT2D eigenvalue weighted by Gasteiger charge is -2.08. The molecule has 0 heterocycles. The number of hydrogen-bond acceptors (Lipinski definition) is 2. The molecule has 0 aliphatic rings. The number of rotatable bonds is 0. The van der Waals surface area contributed by atoms with Crippen LogP contribution < -0.4 is 5.73 Å². The van der Waals surface area contributed by atoms with Gasteiger partial charge in [-0.05, 0) is 12.1 Å². The molecule has 14 heavy (non-hydrogen) atoms. The lowest BCUT2D eigenvalue weighted by molar-refractivity contribution is -0.137. The molecule has 2 N–H and O–H groups in total. The molecule has 0 fully saturated rings. The molecule has 0 aliphatic heterocycles. The van der Waals surface area contributed by atoms with Crippen LogP contribution in [0.4, 0.5) is 23.2 Å². The zero-order chi connectivity index (χ0) is 10.9. The van der Waals surface area contributed by atoms with Crippen LogP contribution in [0.25, 0.3) is 0 Å². The van der Waals surface area contributed by atoms with Crippen LogP contribution in [-0.4, -0.2) is 0 Å². The van der Waals surface area contributed by atoms with E-state index in [2.05, 4.69) is 0 Å². The molecule has 6 heteroatoms. The molecule has 0 radical (unpaired) electrons. The van der Waals surface area contributed by atoms with Crippen LogP contribution in [0.2, 0.25) is 0 Å². The first-order chi connectivity index (χ1) is 6.36. The number of hydrogen-bond donors (Lipinski definition) is 1. The van der Waals surface area contributed by atoms with E-state index in [9.17, 15) is 17.6 Å². The van der Waals surface area contributed by atoms with E-state index in [1.165, 1.54) is 6.07 Å². The van der Waals surface area contributed by atoms with Crippen molar-refractivity contribution in [2.24, 2.45) is 0 Å². The van der Waals surface area contributed by atoms with Crippen LogP contribution in [0.5, 0.6) is 0 Å². The molecule has 0 saturated carbocycles. The lowest BCUT2D eigenvalue weighted by atomic mass is 10.1. The molecule has 0 amide bonds. The summed E-state index contributed by atoms with van der Waals surface area (Å²) in [5.74, 6) is -1.26. The molecule has 0 spiro atoms. The van der Waals surface area contributed by atoms with Gasteiger partial charge < -0.3 is 5.73 Å². The van der Waals surface area contributed by atoms with Crippen molar-refractivity contribution < 1.29 is 17.6 Å². The Morgan fingerprint density at radius 3 is 2.21 bits per heavy atom. The second kappa shape index (κ2) is 3.18. The molecule has 0 aliphatic carbocycles. The Bertz CT molecular complexity index is 380. The second-order valence-electron chi connectivity index (χ2n) is 2.53. The minimum Gasteiger partial charge on any atom is -0.398 e. The predicted octanol–water partition coefficient (Wildman–Crippen LogP) is 2.30. The Kier molecular flexibility index (Phi) is 2.34. The largest absolute Gasteiger partial charge is 0.416 e. The summed E-state index contributed by atoms with van der Waals surface area (Å²) in [6.07, 6.45) is -4.66. The number of nitrogen functional groups attached to an aromatic ring is 1. The maximum absolute atomic E-state index is 12.8. The average molecular weight is 204 g/mol. The normalized spacial score (nSPS) is 11.1. The van der Waals surface area contributed by atoms with Crippen molar-refractivity contribution in [2.45, 2.75) is 6.18 Å². The summed E-state index contributed by atoms with van der Waals surface area (Å²) in [6, 6.07) is 2.15. The first kappa shape index (κ1) is 10.3. The van der Waals surface area contributed by atoms with Crippen molar-refractivity contribution in [3.63, 3.8) is 0 Å². The van der Waals surface area contributed by atoms with Gasteiger partial charge in [0.15, 0.2) is 0 Å². The standard InChI is InChI=1S/C8H4F4N2/c9-6-1-4(8(10,11)12)2-7(14)5(6)3-13/h1-2H,14H2. The topological polar surface area (TPSA) is 49.8 Å². The number of nitrogens with two attached hydrogens (primary N) is 1. The van der Waals surface area contributed by atoms with Crippen LogP contribution in [0.3, 0.4) is 0 Å². The number of benzene rings is 1. The van der Waals surface area contributed by atoms with E-state index in [1.807, 2.05) is 0 Å². The van der Waals surface area contributed by atoms with Crippen LogP contribution in [0, 0.1) is 17.1 Å². The van der Waals surface area contributed by atoms with Crippen molar-refractivity contribution >= 4 is 5.69 Å². The Hall–Kier alpha value is -1.77. The summed E-state index contributed by atoms with van der Waals surface area (Å²) >= 11 is 0. The lowest BCUT2D eigenvalue weighted by Crippen LogP contribution is -2.07. The third-order valence-corrected chi connectivity index (χ3v) is 1.56. The van der Waals surface area contributed by atoms with Crippen molar-refractivity contribution in [2.75, 3.05) is 5.73 Å². The highest BCUT2D eigenvalue weighted by Crippen LogP contribution is 2.32. The molecule has 1 rings (SSSR count). The van der Waals surface area contributed by atoms with Crippen molar-refractivity contribution in [3.8, 4) is 6.07 Å².